The van der Waals surface area contributed by atoms with Gasteiger partial charge in [0.1, 0.15) is 5.82 Å². The summed E-state index contributed by atoms with van der Waals surface area (Å²) >= 11 is 5.96. The molecule has 2 aromatic rings. The van der Waals surface area contributed by atoms with E-state index in [4.69, 9.17) is 11.6 Å². The number of nitrogens with one attached hydrogen (secondary N) is 3. The Bertz CT molecular complexity index is 765. The largest absolute Gasteiger partial charge is 0.355 e. The molecule has 0 unspecified atom stereocenters. The zero-order valence-corrected chi connectivity index (χ0v) is 15.3. The summed E-state index contributed by atoms with van der Waals surface area (Å²) < 4.78 is 0. The molecule has 7 nitrogen and oxygen atoms in total. The van der Waals surface area contributed by atoms with E-state index in [-0.39, 0.29) is 23.9 Å². The lowest BCUT2D eigenvalue weighted by Crippen LogP contribution is -2.42. The van der Waals surface area contributed by atoms with Crippen molar-refractivity contribution in [2.24, 2.45) is 0 Å². The van der Waals surface area contributed by atoms with Crippen LogP contribution in [0.25, 0.3) is 0 Å². The van der Waals surface area contributed by atoms with Crippen LogP contribution in [0.2, 0.25) is 5.02 Å². The summed E-state index contributed by atoms with van der Waals surface area (Å²) in [6.07, 6.45) is 3.99. The smallest absolute Gasteiger partial charge is 0.251 e. The van der Waals surface area contributed by atoms with E-state index < -0.39 is 0 Å². The summed E-state index contributed by atoms with van der Waals surface area (Å²) in [5.74, 6) is 0.576. The second kappa shape index (κ2) is 8.33. The van der Waals surface area contributed by atoms with Gasteiger partial charge in [-0.2, -0.15) is 0 Å². The van der Waals surface area contributed by atoms with Crippen LogP contribution in [0.3, 0.4) is 0 Å². The first-order chi connectivity index (χ1) is 12.6. The van der Waals surface area contributed by atoms with Crippen molar-refractivity contribution in [2.45, 2.75) is 32.0 Å². The molecule has 138 valence electrons. The number of amides is 2. The highest BCUT2D eigenvalue weighted by Crippen LogP contribution is 2.21. The number of likely N-dealkylation sites (N-methyl/N-ethyl adjacent to an activating group) is 1. The molecule has 1 aromatic carbocycles. The second-order valence-electron chi connectivity index (χ2n) is 6.29. The Morgan fingerprint density at radius 2 is 2.27 bits per heavy atom. The number of hydrogen-bond acceptors (Lipinski definition) is 4. The Kier molecular flexibility index (Phi) is 5.90. The number of halogens is 1. The number of H-pyrrole nitrogens is 1. The van der Waals surface area contributed by atoms with Crippen LogP contribution in [0.15, 0.2) is 36.7 Å². The summed E-state index contributed by atoms with van der Waals surface area (Å²) in [5.41, 5.74) is 0.511. The maximum Gasteiger partial charge on any atom is 0.251 e. The summed E-state index contributed by atoms with van der Waals surface area (Å²) in [7, 11) is 0. The number of aromatic nitrogens is 2. The van der Waals surface area contributed by atoms with Crippen molar-refractivity contribution in [1.82, 2.24) is 25.5 Å². The van der Waals surface area contributed by atoms with E-state index >= 15 is 0 Å². The molecule has 26 heavy (non-hydrogen) atoms. The minimum atomic E-state index is -0.301. The van der Waals surface area contributed by atoms with Gasteiger partial charge in [0.05, 0.1) is 12.6 Å². The van der Waals surface area contributed by atoms with Crippen molar-refractivity contribution in [3.8, 4) is 0 Å². The Morgan fingerprint density at radius 3 is 2.96 bits per heavy atom. The number of carbonyl (C=O) groups is 2. The van der Waals surface area contributed by atoms with E-state index in [1.165, 1.54) is 0 Å². The normalized spacial score (nSPS) is 20.1. The van der Waals surface area contributed by atoms with Crippen molar-refractivity contribution < 1.29 is 9.59 Å². The van der Waals surface area contributed by atoms with Crippen LogP contribution in [0.4, 0.5) is 0 Å². The molecule has 0 saturated carbocycles. The van der Waals surface area contributed by atoms with Crippen LogP contribution in [0.5, 0.6) is 0 Å². The lowest BCUT2D eigenvalue weighted by atomic mass is 10.1. The molecule has 3 N–H and O–H groups in total. The summed E-state index contributed by atoms with van der Waals surface area (Å²) in [5, 5.41) is 6.40. The molecule has 0 bridgehead atoms. The Balaban J connectivity index is 1.68. The van der Waals surface area contributed by atoms with Gasteiger partial charge in [-0.3, -0.25) is 14.5 Å². The van der Waals surface area contributed by atoms with Gasteiger partial charge in [0.15, 0.2) is 0 Å². The molecule has 2 heterocycles. The average molecular weight is 376 g/mol. The molecule has 0 spiro atoms. The van der Waals surface area contributed by atoms with Crippen molar-refractivity contribution in [3.05, 3.63) is 53.1 Å². The molecular weight excluding hydrogens is 354 g/mol. The molecule has 3 rings (SSSR count). The number of benzene rings is 1. The van der Waals surface area contributed by atoms with E-state index in [9.17, 15) is 9.59 Å². The minimum Gasteiger partial charge on any atom is -0.355 e. The molecule has 1 aromatic heterocycles. The quantitative estimate of drug-likeness (QED) is 0.715. The van der Waals surface area contributed by atoms with E-state index in [1.54, 1.807) is 36.7 Å². The van der Waals surface area contributed by atoms with Crippen LogP contribution in [0, 0.1) is 0 Å². The predicted molar refractivity (Wildman–Crippen MR) is 98.8 cm³/mol. The third kappa shape index (κ3) is 4.42. The van der Waals surface area contributed by atoms with Crippen LogP contribution in [-0.4, -0.2) is 51.9 Å². The fourth-order valence-electron chi connectivity index (χ4n) is 3.22. The van der Waals surface area contributed by atoms with Gasteiger partial charge in [-0.15, -0.1) is 0 Å². The van der Waals surface area contributed by atoms with Gasteiger partial charge in [-0.25, -0.2) is 4.98 Å². The topological polar surface area (TPSA) is 90.1 Å². The number of nitrogens with zero attached hydrogens (tertiary/aromatic N) is 2. The monoisotopic (exact) mass is 375 g/mol. The summed E-state index contributed by atoms with van der Waals surface area (Å²) in [6, 6.07) is 6.40. The van der Waals surface area contributed by atoms with Gasteiger partial charge >= 0.3 is 0 Å². The fourth-order valence-corrected chi connectivity index (χ4v) is 3.41. The number of rotatable bonds is 6. The van der Waals surface area contributed by atoms with Crippen LogP contribution < -0.4 is 10.6 Å². The zero-order chi connectivity index (χ0) is 18.5. The number of likely N-dealkylation sites (tertiary alicyclic amines) is 1. The number of hydrogen-bond donors (Lipinski definition) is 3. The van der Waals surface area contributed by atoms with Gasteiger partial charge in [-0.05, 0) is 31.5 Å². The van der Waals surface area contributed by atoms with E-state index in [0.717, 1.165) is 5.82 Å². The van der Waals surface area contributed by atoms with Gasteiger partial charge in [-0.1, -0.05) is 17.7 Å². The van der Waals surface area contributed by atoms with Crippen LogP contribution >= 0.6 is 11.6 Å². The van der Waals surface area contributed by atoms with E-state index in [1.807, 2.05) is 11.8 Å². The molecule has 0 aliphatic carbocycles. The first-order valence-electron chi connectivity index (χ1n) is 8.63. The van der Waals surface area contributed by atoms with Crippen LogP contribution in [0.1, 0.15) is 29.5 Å². The van der Waals surface area contributed by atoms with E-state index in [2.05, 4.69) is 20.6 Å². The highest BCUT2D eigenvalue weighted by atomic mass is 35.5. The molecule has 1 aliphatic rings. The molecule has 2 amide bonds. The molecule has 1 fully saturated rings. The van der Waals surface area contributed by atoms with Crippen molar-refractivity contribution in [1.29, 1.82) is 0 Å². The van der Waals surface area contributed by atoms with Crippen LogP contribution in [-0.2, 0) is 11.3 Å². The standard InChI is InChI=1S/C18H22ClN5O2/c1-2-20-18(26)15-9-14(10-24(15)11-16-21-6-7-22-16)23-17(25)12-4-3-5-13(19)8-12/h3-8,14-15H,2,9-11H2,1H3,(H,20,26)(H,21,22)(H,23,25)/t14-,15+/m1/s1. The minimum absolute atomic E-state index is 0.0291. The zero-order valence-electron chi connectivity index (χ0n) is 14.5. The van der Waals surface area contributed by atoms with Gasteiger partial charge in [0, 0.05) is 42.1 Å². The molecule has 8 heteroatoms. The van der Waals surface area contributed by atoms with Crippen molar-refractivity contribution >= 4 is 23.4 Å². The maximum absolute atomic E-state index is 12.5. The summed E-state index contributed by atoms with van der Waals surface area (Å²) in [6.45, 7) is 3.57. The maximum atomic E-state index is 12.5. The number of imidazole rings is 1. The molecule has 1 aliphatic heterocycles. The molecule has 2 atom stereocenters. The van der Waals surface area contributed by atoms with Crippen molar-refractivity contribution in [3.63, 3.8) is 0 Å². The molecule has 1 saturated heterocycles. The highest BCUT2D eigenvalue weighted by Gasteiger charge is 2.37. The van der Waals surface area contributed by atoms with Gasteiger partial charge in [0.2, 0.25) is 5.91 Å². The van der Waals surface area contributed by atoms with Crippen molar-refractivity contribution in [2.75, 3.05) is 13.1 Å². The molecule has 0 radical (unpaired) electrons. The lowest BCUT2D eigenvalue weighted by Gasteiger charge is -2.22. The SMILES string of the molecule is CCNC(=O)[C@@H]1C[C@@H](NC(=O)c2cccc(Cl)c2)CN1Cc1ncc[nH]1. The predicted octanol–water partition coefficient (Wildman–Crippen LogP) is 1.57. The van der Waals surface area contributed by atoms with Gasteiger partial charge < -0.3 is 15.6 Å². The van der Waals surface area contributed by atoms with Gasteiger partial charge in [0.25, 0.3) is 5.91 Å². The molecular formula is C18H22ClN5O2. The Morgan fingerprint density at radius 1 is 1.42 bits per heavy atom. The number of aromatic amines is 1. The first kappa shape index (κ1) is 18.4. The fraction of sp³-hybridized carbons (Fsp3) is 0.389. The Labute approximate surface area is 157 Å². The third-order valence-corrected chi connectivity index (χ3v) is 4.62. The summed E-state index contributed by atoms with van der Waals surface area (Å²) in [4.78, 5) is 34.2. The first-order valence-corrected chi connectivity index (χ1v) is 9.01. The van der Waals surface area contributed by atoms with E-state index in [0.29, 0.717) is 36.6 Å². The highest BCUT2D eigenvalue weighted by molar-refractivity contribution is 6.30. The second-order valence-corrected chi connectivity index (χ2v) is 6.73. The lowest BCUT2D eigenvalue weighted by molar-refractivity contribution is -0.125. The average Bonchev–Trinajstić information content (AvgIpc) is 3.25. The Hall–Kier alpha value is -2.38. The number of carbonyl (C=O) groups excluding carboxylic acids is 2. The third-order valence-electron chi connectivity index (χ3n) is 4.39.